The standard InChI is InChI=1S/C17H15Cl3N2O3/c18-10-3-1-4-12(17(10)20)22-16(23)9-21-13-8-15-14(7-11(13)19)24-5-2-6-25-15/h1,3-4,7-8,21H,2,5-6,9H2,(H,22,23). The predicted octanol–water partition coefficient (Wildman–Crippen LogP) is 4.86. The molecule has 0 fully saturated rings. The Balaban J connectivity index is 1.66. The van der Waals surface area contributed by atoms with Gasteiger partial charge in [0.1, 0.15) is 0 Å². The van der Waals surface area contributed by atoms with Gasteiger partial charge in [-0.15, -0.1) is 0 Å². The Bertz CT molecular complexity index is 799. The van der Waals surface area contributed by atoms with E-state index in [1.807, 2.05) is 0 Å². The molecule has 8 heteroatoms. The lowest BCUT2D eigenvalue weighted by molar-refractivity contribution is -0.114. The summed E-state index contributed by atoms with van der Waals surface area (Å²) < 4.78 is 11.2. The summed E-state index contributed by atoms with van der Waals surface area (Å²) in [4.78, 5) is 12.1. The summed E-state index contributed by atoms with van der Waals surface area (Å²) >= 11 is 18.2. The molecule has 1 amide bonds. The molecule has 0 saturated carbocycles. The predicted molar refractivity (Wildman–Crippen MR) is 101 cm³/mol. The Labute approximate surface area is 160 Å². The third-order valence-electron chi connectivity index (χ3n) is 3.50. The maximum atomic E-state index is 12.1. The number of carbonyl (C=O) groups excluding carboxylic acids is 1. The van der Waals surface area contributed by atoms with E-state index in [-0.39, 0.29) is 12.5 Å². The summed E-state index contributed by atoms with van der Waals surface area (Å²) in [6.45, 7) is 1.16. The van der Waals surface area contributed by atoms with Gasteiger partial charge in [0.15, 0.2) is 11.5 Å². The molecule has 1 aliphatic heterocycles. The zero-order valence-corrected chi connectivity index (χ0v) is 15.3. The summed E-state index contributed by atoms with van der Waals surface area (Å²) in [5.41, 5.74) is 1.03. The van der Waals surface area contributed by atoms with Crippen molar-refractivity contribution in [2.45, 2.75) is 6.42 Å². The number of anilines is 2. The maximum Gasteiger partial charge on any atom is 0.243 e. The second kappa shape index (κ2) is 8.04. The minimum Gasteiger partial charge on any atom is -0.490 e. The molecule has 0 unspecified atom stereocenters. The van der Waals surface area contributed by atoms with E-state index in [2.05, 4.69) is 10.6 Å². The van der Waals surface area contributed by atoms with Gasteiger partial charge in [-0.3, -0.25) is 4.79 Å². The molecule has 0 bridgehead atoms. The Morgan fingerprint density at radius 1 is 1.00 bits per heavy atom. The van der Waals surface area contributed by atoms with E-state index >= 15 is 0 Å². The number of halogens is 3. The van der Waals surface area contributed by atoms with Crippen LogP contribution in [0.25, 0.3) is 0 Å². The van der Waals surface area contributed by atoms with E-state index < -0.39 is 0 Å². The van der Waals surface area contributed by atoms with E-state index in [1.54, 1.807) is 30.3 Å². The average Bonchev–Trinajstić information content (AvgIpc) is 2.81. The average molecular weight is 402 g/mol. The highest BCUT2D eigenvalue weighted by atomic mass is 35.5. The van der Waals surface area contributed by atoms with Crippen LogP contribution in [0.2, 0.25) is 15.1 Å². The maximum absolute atomic E-state index is 12.1. The number of benzene rings is 2. The van der Waals surface area contributed by atoms with Crippen molar-refractivity contribution >= 4 is 52.1 Å². The number of ether oxygens (including phenoxy) is 2. The number of carbonyl (C=O) groups is 1. The Kier molecular flexibility index (Phi) is 5.78. The molecule has 0 spiro atoms. The molecule has 0 saturated heterocycles. The minimum absolute atomic E-state index is 0.00219. The lowest BCUT2D eigenvalue weighted by Gasteiger charge is -2.13. The molecule has 0 atom stereocenters. The molecule has 2 aromatic rings. The van der Waals surface area contributed by atoms with Crippen molar-refractivity contribution in [2.24, 2.45) is 0 Å². The molecule has 0 aromatic heterocycles. The van der Waals surface area contributed by atoms with Crippen molar-refractivity contribution in [3.63, 3.8) is 0 Å². The van der Waals surface area contributed by atoms with Crippen molar-refractivity contribution in [1.29, 1.82) is 0 Å². The number of hydrogen-bond acceptors (Lipinski definition) is 4. The Morgan fingerprint density at radius 2 is 1.72 bits per heavy atom. The molecule has 3 rings (SSSR count). The van der Waals surface area contributed by atoms with E-state index in [0.29, 0.717) is 51.2 Å². The van der Waals surface area contributed by atoms with Crippen LogP contribution < -0.4 is 20.1 Å². The molecule has 0 aliphatic carbocycles. The van der Waals surface area contributed by atoms with Crippen molar-refractivity contribution in [3.8, 4) is 11.5 Å². The SMILES string of the molecule is O=C(CNc1cc2c(cc1Cl)OCCCO2)Nc1cccc(Cl)c1Cl. The van der Waals surface area contributed by atoms with Crippen LogP contribution in [0.15, 0.2) is 30.3 Å². The lowest BCUT2D eigenvalue weighted by atomic mass is 10.2. The third kappa shape index (κ3) is 4.42. The lowest BCUT2D eigenvalue weighted by Crippen LogP contribution is -2.22. The molecule has 1 aliphatic rings. The minimum atomic E-state index is -0.285. The van der Waals surface area contributed by atoms with Crippen LogP contribution in [0.1, 0.15) is 6.42 Å². The third-order valence-corrected chi connectivity index (χ3v) is 4.63. The van der Waals surface area contributed by atoms with Gasteiger partial charge in [0.2, 0.25) is 5.91 Å². The van der Waals surface area contributed by atoms with Gasteiger partial charge in [0.25, 0.3) is 0 Å². The molecule has 25 heavy (non-hydrogen) atoms. The first kappa shape index (κ1) is 18.0. The molecular formula is C17H15Cl3N2O3. The fraction of sp³-hybridized carbons (Fsp3) is 0.235. The number of amides is 1. The van der Waals surface area contributed by atoms with Crippen LogP contribution in [0.4, 0.5) is 11.4 Å². The largest absolute Gasteiger partial charge is 0.490 e. The van der Waals surface area contributed by atoms with Gasteiger partial charge in [0, 0.05) is 18.6 Å². The molecule has 1 heterocycles. The number of nitrogens with one attached hydrogen (secondary N) is 2. The van der Waals surface area contributed by atoms with Gasteiger partial charge in [-0.2, -0.15) is 0 Å². The van der Waals surface area contributed by atoms with Gasteiger partial charge in [-0.05, 0) is 12.1 Å². The van der Waals surface area contributed by atoms with Crippen LogP contribution in [-0.4, -0.2) is 25.7 Å². The summed E-state index contributed by atoms with van der Waals surface area (Å²) in [5.74, 6) is 0.915. The van der Waals surface area contributed by atoms with E-state index in [1.165, 1.54) is 0 Å². The van der Waals surface area contributed by atoms with Crippen LogP contribution in [-0.2, 0) is 4.79 Å². The van der Waals surface area contributed by atoms with Gasteiger partial charge in [-0.1, -0.05) is 40.9 Å². The number of fused-ring (bicyclic) bond motifs is 1. The van der Waals surface area contributed by atoms with Gasteiger partial charge < -0.3 is 20.1 Å². The quantitative estimate of drug-likeness (QED) is 0.768. The second-order valence-corrected chi connectivity index (χ2v) is 6.52. The molecular weight excluding hydrogens is 387 g/mol. The Morgan fingerprint density at radius 3 is 2.48 bits per heavy atom. The fourth-order valence-electron chi connectivity index (χ4n) is 2.29. The van der Waals surface area contributed by atoms with Crippen LogP contribution >= 0.6 is 34.8 Å². The summed E-state index contributed by atoms with van der Waals surface area (Å²) in [5, 5.41) is 6.79. The number of hydrogen-bond donors (Lipinski definition) is 2. The first-order valence-electron chi connectivity index (χ1n) is 7.61. The topological polar surface area (TPSA) is 59.6 Å². The summed E-state index contributed by atoms with van der Waals surface area (Å²) in [7, 11) is 0. The van der Waals surface area contributed by atoms with Gasteiger partial charge in [-0.25, -0.2) is 0 Å². The highest BCUT2D eigenvalue weighted by Gasteiger charge is 2.15. The van der Waals surface area contributed by atoms with E-state index in [9.17, 15) is 4.79 Å². The van der Waals surface area contributed by atoms with Crippen LogP contribution in [0.5, 0.6) is 11.5 Å². The molecule has 5 nitrogen and oxygen atoms in total. The normalized spacial score (nSPS) is 13.1. The second-order valence-electron chi connectivity index (χ2n) is 5.33. The van der Waals surface area contributed by atoms with Gasteiger partial charge >= 0.3 is 0 Å². The first-order valence-corrected chi connectivity index (χ1v) is 8.75. The Hall–Kier alpha value is -1.82. The molecule has 132 valence electrons. The van der Waals surface area contributed by atoms with Crippen molar-refractivity contribution in [2.75, 3.05) is 30.4 Å². The van der Waals surface area contributed by atoms with Gasteiger partial charge in [0.05, 0.1) is 46.2 Å². The highest BCUT2D eigenvalue weighted by molar-refractivity contribution is 6.44. The zero-order valence-electron chi connectivity index (χ0n) is 13.1. The van der Waals surface area contributed by atoms with E-state index in [4.69, 9.17) is 44.3 Å². The summed E-state index contributed by atoms with van der Waals surface area (Å²) in [6.07, 6.45) is 0.803. The molecule has 2 N–H and O–H groups in total. The van der Waals surface area contributed by atoms with Crippen LogP contribution in [0, 0.1) is 0 Å². The smallest absolute Gasteiger partial charge is 0.243 e. The number of rotatable bonds is 4. The first-order chi connectivity index (χ1) is 12.0. The van der Waals surface area contributed by atoms with Crippen molar-refractivity contribution < 1.29 is 14.3 Å². The highest BCUT2D eigenvalue weighted by Crippen LogP contribution is 2.37. The molecule has 0 radical (unpaired) electrons. The van der Waals surface area contributed by atoms with E-state index in [0.717, 1.165) is 6.42 Å². The zero-order chi connectivity index (χ0) is 17.8. The fourth-order valence-corrected chi connectivity index (χ4v) is 2.86. The summed E-state index contributed by atoms with van der Waals surface area (Å²) in [6, 6.07) is 8.43. The molecule has 2 aromatic carbocycles. The monoisotopic (exact) mass is 400 g/mol. The van der Waals surface area contributed by atoms with Crippen LogP contribution in [0.3, 0.4) is 0 Å². The van der Waals surface area contributed by atoms with Crippen molar-refractivity contribution in [1.82, 2.24) is 0 Å². The van der Waals surface area contributed by atoms with Crippen molar-refractivity contribution in [3.05, 3.63) is 45.4 Å².